The van der Waals surface area contributed by atoms with Gasteiger partial charge in [-0.3, -0.25) is 9.69 Å². The van der Waals surface area contributed by atoms with Gasteiger partial charge in [0.25, 0.3) is 0 Å². The van der Waals surface area contributed by atoms with Gasteiger partial charge < -0.3 is 9.64 Å². The molecule has 1 aromatic rings. The van der Waals surface area contributed by atoms with Crippen molar-refractivity contribution in [2.24, 2.45) is 0 Å². The third-order valence-electron chi connectivity index (χ3n) is 6.09. The van der Waals surface area contributed by atoms with E-state index in [0.717, 1.165) is 30.6 Å². The largest absolute Gasteiger partial charge is 0.497 e. The quantitative estimate of drug-likeness (QED) is 0.723. The van der Waals surface area contributed by atoms with Gasteiger partial charge in [0, 0.05) is 24.7 Å². The molecule has 0 bridgehead atoms. The standard InChI is InChI=1S/C21H32N2O4S/c1-16-5-4-6-17(2)23(16)21(24)14-22(19-11-12-28(25,26)15-19)13-18-7-9-20(27-3)10-8-18/h7-10,16-17,19H,4-6,11-15H2,1-3H3. The third-order valence-corrected chi connectivity index (χ3v) is 7.84. The van der Waals surface area contributed by atoms with Crippen molar-refractivity contribution in [1.82, 2.24) is 9.80 Å². The average molecular weight is 409 g/mol. The molecule has 2 saturated heterocycles. The molecule has 1 aromatic carbocycles. The molecular formula is C21H32N2O4S. The molecule has 2 aliphatic rings. The first-order chi connectivity index (χ1) is 13.3. The number of benzene rings is 1. The van der Waals surface area contributed by atoms with E-state index in [4.69, 9.17) is 4.74 Å². The minimum absolute atomic E-state index is 0.105. The lowest BCUT2D eigenvalue weighted by atomic mass is 9.97. The molecule has 28 heavy (non-hydrogen) atoms. The third kappa shape index (κ3) is 5.06. The van der Waals surface area contributed by atoms with Gasteiger partial charge in [-0.2, -0.15) is 0 Å². The molecule has 0 N–H and O–H groups in total. The monoisotopic (exact) mass is 408 g/mol. The highest BCUT2D eigenvalue weighted by molar-refractivity contribution is 7.91. The number of carbonyl (C=O) groups is 1. The molecule has 2 heterocycles. The molecule has 0 aromatic heterocycles. The van der Waals surface area contributed by atoms with Crippen molar-refractivity contribution in [1.29, 1.82) is 0 Å². The predicted octanol–water partition coefficient (Wildman–Crippen LogP) is 2.47. The number of carbonyl (C=O) groups excluding carboxylic acids is 1. The molecule has 6 nitrogen and oxygen atoms in total. The van der Waals surface area contributed by atoms with Gasteiger partial charge in [-0.25, -0.2) is 8.42 Å². The van der Waals surface area contributed by atoms with Crippen LogP contribution in [0.15, 0.2) is 24.3 Å². The van der Waals surface area contributed by atoms with Gasteiger partial charge in [-0.05, 0) is 57.2 Å². The summed E-state index contributed by atoms with van der Waals surface area (Å²) in [5, 5.41) is 0. The minimum atomic E-state index is -3.01. The SMILES string of the molecule is COc1ccc(CN(CC(=O)N2C(C)CCCC2C)C2CCS(=O)(=O)C2)cc1. The summed E-state index contributed by atoms with van der Waals surface area (Å²) in [7, 11) is -1.38. The van der Waals surface area contributed by atoms with E-state index in [1.165, 1.54) is 0 Å². The highest BCUT2D eigenvalue weighted by Crippen LogP contribution is 2.25. The fraction of sp³-hybridized carbons (Fsp3) is 0.667. The Hall–Kier alpha value is -1.60. The molecule has 0 saturated carbocycles. The lowest BCUT2D eigenvalue weighted by molar-refractivity contribution is -0.139. The Kier molecular flexibility index (Phi) is 6.65. The molecule has 2 aliphatic heterocycles. The molecule has 3 atom stereocenters. The van der Waals surface area contributed by atoms with E-state index in [1.54, 1.807) is 7.11 Å². The lowest BCUT2D eigenvalue weighted by Gasteiger charge is -2.40. The number of ether oxygens (including phenoxy) is 1. The van der Waals surface area contributed by atoms with Gasteiger partial charge in [0.15, 0.2) is 9.84 Å². The molecule has 1 amide bonds. The summed E-state index contributed by atoms with van der Waals surface area (Å²) in [5.41, 5.74) is 1.05. The van der Waals surface area contributed by atoms with Gasteiger partial charge >= 0.3 is 0 Å². The number of amides is 1. The number of sulfone groups is 1. The van der Waals surface area contributed by atoms with Crippen LogP contribution in [0.2, 0.25) is 0 Å². The van der Waals surface area contributed by atoms with Crippen molar-refractivity contribution in [3.8, 4) is 5.75 Å². The fourth-order valence-corrected chi connectivity index (χ4v) is 6.27. The van der Waals surface area contributed by atoms with Crippen molar-refractivity contribution in [2.45, 2.75) is 64.2 Å². The van der Waals surface area contributed by atoms with Crippen LogP contribution in [-0.4, -0.2) is 67.4 Å². The van der Waals surface area contributed by atoms with E-state index < -0.39 is 9.84 Å². The predicted molar refractivity (Wildman–Crippen MR) is 110 cm³/mol. The van der Waals surface area contributed by atoms with Crippen LogP contribution in [0.1, 0.15) is 45.1 Å². The summed E-state index contributed by atoms with van der Waals surface area (Å²) in [6.45, 7) is 5.05. The Bertz CT molecular complexity index is 768. The molecule has 3 unspecified atom stereocenters. The number of hydrogen-bond donors (Lipinski definition) is 0. The lowest BCUT2D eigenvalue weighted by Crippen LogP contribution is -2.52. The zero-order valence-corrected chi connectivity index (χ0v) is 18.0. The topological polar surface area (TPSA) is 66.9 Å². The Morgan fingerprint density at radius 3 is 2.32 bits per heavy atom. The average Bonchev–Trinajstić information content (AvgIpc) is 3.01. The van der Waals surface area contributed by atoms with Crippen LogP contribution < -0.4 is 4.74 Å². The van der Waals surface area contributed by atoms with E-state index in [-0.39, 0.29) is 42.1 Å². The summed E-state index contributed by atoms with van der Waals surface area (Å²) in [6, 6.07) is 8.13. The van der Waals surface area contributed by atoms with E-state index in [9.17, 15) is 13.2 Å². The summed E-state index contributed by atoms with van der Waals surface area (Å²) < 4.78 is 29.3. The van der Waals surface area contributed by atoms with Gasteiger partial charge in [0.2, 0.25) is 5.91 Å². The van der Waals surface area contributed by atoms with Crippen LogP contribution in [0.5, 0.6) is 5.75 Å². The van der Waals surface area contributed by atoms with Crippen molar-refractivity contribution in [2.75, 3.05) is 25.2 Å². The smallest absolute Gasteiger partial charge is 0.237 e. The van der Waals surface area contributed by atoms with Crippen molar-refractivity contribution < 1.29 is 17.9 Å². The zero-order valence-electron chi connectivity index (χ0n) is 17.1. The Balaban J connectivity index is 1.76. The van der Waals surface area contributed by atoms with E-state index in [0.29, 0.717) is 13.0 Å². The minimum Gasteiger partial charge on any atom is -0.497 e. The summed E-state index contributed by atoms with van der Waals surface area (Å²) in [5.74, 6) is 1.24. The second-order valence-electron chi connectivity index (χ2n) is 8.24. The van der Waals surface area contributed by atoms with Crippen LogP contribution in [0.25, 0.3) is 0 Å². The zero-order chi connectivity index (χ0) is 20.3. The first-order valence-electron chi connectivity index (χ1n) is 10.2. The first-order valence-corrected chi connectivity index (χ1v) is 12.0. The maximum absolute atomic E-state index is 13.2. The Morgan fingerprint density at radius 1 is 1.14 bits per heavy atom. The van der Waals surface area contributed by atoms with Crippen LogP contribution in [0.3, 0.4) is 0 Å². The molecular weight excluding hydrogens is 376 g/mol. The molecule has 7 heteroatoms. The maximum atomic E-state index is 13.2. The number of likely N-dealkylation sites (tertiary alicyclic amines) is 1. The number of hydrogen-bond acceptors (Lipinski definition) is 5. The van der Waals surface area contributed by atoms with Crippen LogP contribution >= 0.6 is 0 Å². The molecule has 2 fully saturated rings. The second-order valence-corrected chi connectivity index (χ2v) is 10.5. The maximum Gasteiger partial charge on any atom is 0.237 e. The highest BCUT2D eigenvalue weighted by atomic mass is 32.2. The van der Waals surface area contributed by atoms with Gasteiger partial charge in [-0.1, -0.05) is 12.1 Å². The number of rotatable bonds is 6. The molecule has 3 rings (SSSR count). The molecule has 0 radical (unpaired) electrons. The normalized spacial score (nSPS) is 27.1. The summed E-state index contributed by atoms with van der Waals surface area (Å²) in [6.07, 6.45) is 3.82. The molecule has 156 valence electrons. The van der Waals surface area contributed by atoms with Crippen molar-refractivity contribution in [3.63, 3.8) is 0 Å². The summed E-state index contributed by atoms with van der Waals surface area (Å²) in [4.78, 5) is 17.2. The van der Waals surface area contributed by atoms with Gasteiger partial charge in [0.1, 0.15) is 5.75 Å². The van der Waals surface area contributed by atoms with Crippen molar-refractivity contribution in [3.05, 3.63) is 29.8 Å². The van der Waals surface area contributed by atoms with E-state index in [2.05, 4.69) is 18.7 Å². The number of nitrogens with zero attached hydrogens (tertiary/aromatic N) is 2. The number of methoxy groups -OCH3 is 1. The number of piperidine rings is 1. The molecule has 0 spiro atoms. The van der Waals surface area contributed by atoms with Gasteiger partial charge in [-0.15, -0.1) is 0 Å². The Labute approximate surface area is 168 Å². The molecule has 0 aliphatic carbocycles. The van der Waals surface area contributed by atoms with E-state index in [1.807, 2.05) is 29.2 Å². The van der Waals surface area contributed by atoms with E-state index >= 15 is 0 Å². The Morgan fingerprint density at radius 2 is 1.79 bits per heavy atom. The van der Waals surface area contributed by atoms with Crippen LogP contribution in [-0.2, 0) is 21.2 Å². The highest BCUT2D eigenvalue weighted by Gasteiger charge is 2.35. The summed E-state index contributed by atoms with van der Waals surface area (Å²) >= 11 is 0. The van der Waals surface area contributed by atoms with Gasteiger partial charge in [0.05, 0.1) is 25.2 Å². The van der Waals surface area contributed by atoms with Crippen molar-refractivity contribution >= 4 is 15.7 Å². The van der Waals surface area contributed by atoms with Crippen LogP contribution in [0.4, 0.5) is 0 Å². The first kappa shape index (κ1) is 21.1. The second kappa shape index (κ2) is 8.82. The fourth-order valence-electron chi connectivity index (χ4n) is 4.51. The van der Waals surface area contributed by atoms with Crippen LogP contribution in [0, 0.1) is 0 Å².